The van der Waals surface area contributed by atoms with Crippen LogP contribution in [0.3, 0.4) is 0 Å². The first-order chi connectivity index (χ1) is 11.2. The zero-order chi connectivity index (χ0) is 16.5. The molecule has 1 aromatic carbocycles. The molecule has 0 spiro atoms. The van der Waals surface area contributed by atoms with E-state index >= 15 is 0 Å². The number of benzene rings is 1. The summed E-state index contributed by atoms with van der Waals surface area (Å²) in [5.74, 6) is 1.74. The summed E-state index contributed by atoms with van der Waals surface area (Å²) in [6.07, 6.45) is 6.45. The molecule has 2 N–H and O–H groups in total. The molecule has 6 nitrogen and oxygen atoms in total. The second-order valence-corrected chi connectivity index (χ2v) is 5.28. The molecule has 0 saturated heterocycles. The number of nitrogens with zero attached hydrogens (tertiary/aromatic N) is 3. The van der Waals surface area contributed by atoms with Gasteiger partial charge in [0.2, 0.25) is 0 Å². The van der Waals surface area contributed by atoms with E-state index < -0.39 is 0 Å². The summed E-state index contributed by atoms with van der Waals surface area (Å²) in [5, 5.41) is 6.61. The maximum absolute atomic E-state index is 5.36. The van der Waals surface area contributed by atoms with Crippen molar-refractivity contribution in [1.82, 2.24) is 20.2 Å². The van der Waals surface area contributed by atoms with E-state index in [1.54, 1.807) is 20.4 Å². The van der Waals surface area contributed by atoms with Gasteiger partial charge < -0.3 is 19.9 Å². The number of aliphatic imine (C=N–C) groups is 1. The highest BCUT2D eigenvalue weighted by atomic mass is 127. The third kappa shape index (κ3) is 6.38. The van der Waals surface area contributed by atoms with E-state index in [0.29, 0.717) is 0 Å². The van der Waals surface area contributed by atoms with Crippen LogP contribution in [0.4, 0.5) is 0 Å². The Kier molecular flexibility index (Phi) is 9.21. The minimum absolute atomic E-state index is 0. The Morgan fingerprint density at radius 3 is 2.75 bits per heavy atom. The molecule has 2 aromatic rings. The number of hydrogen-bond acceptors (Lipinski definition) is 3. The predicted octanol–water partition coefficient (Wildman–Crippen LogP) is 2.23. The maximum Gasteiger partial charge on any atom is 0.191 e. The standard InChI is InChI=1S/C17H25N5O.HI/c1-14-4-5-15(12-16(14)23-3)6-7-20-17(18-2)21-9-11-22-10-8-19-13-22;/h4-5,8,10,12-13H,6-7,9,11H2,1-3H3,(H2,18,20,21);1H. The fourth-order valence-corrected chi connectivity index (χ4v) is 2.29. The van der Waals surface area contributed by atoms with Crippen LogP contribution in [0, 0.1) is 6.92 Å². The molecule has 132 valence electrons. The van der Waals surface area contributed by atoms with Crippen LogP contribution in [-0.2, 0) is 13.0 Å². The van der Waals surface area contributed by atoms with Gasteiger partial charge in [0, 0.05) is 39.1 Å². The number of ether oxygens (including phenoxy) is 1. The zero-order valence-electron chi connectivity index (χ0n) is 14.5. The largest absolute Gasteiger partial charge is 0.496 e. The normalized spacial score (nSPS) is 10.9. The van der Waals surface area contributed by atoms with Crippen LogP contribution in [0.25, 0.3) is 0 Å². The molecule has 0 aliphatic carbocycles. The average Bonchev–Trinajstić information content (AvgIpc) is 3.08. The third-order valence-electron chi connectivity index (χ3n) is 3.62. The zero-order valence-corrected chi connectivity index (χ0v) is 16.8. The molecule has 0 saturated carbocycles. The van der Waals surface area contributed by atoms with Gasteiger partial charge >= 0.3 is 0 Å². The lowest BCUT2D eigenvalue weighted by atomic mass is 10.1. The number of methoxy groups -OCH3 is 1. The van der Waals surface area contributed by atoms with Crippen LogP contribution in [0.15, 0.2) is 41.9 Å². The lowest BCUT2D eigenvalue weighted by molar-refractivity contribution is 0.411. The molecule has 0 radical (unpaired) electrons. The van der Waals surface area contributed by atoms with Crippen LogP contribution in [0.2, 0.25) is 0 Å². The van der Waals surface area contributed by atoms with E-state index in [-0.39, 0.29) is 24.0 Å². The SMILES string of the molecule is CN=C(NCCc1ccc(C)c(OC)c1)NCCn1ccnc1.I. The van der Waals surface area contributed by atoms with Crippen molar-refractivity contribution in [3.8, 4) is 5.75 Å². The van der Waals surface area contributed by atoms with E-state index in [2.05, 4.69) is 38.8 Å². The molecule has 24 heavy (non-hydrogen) atoms. The number of aryl methyl sites for hydroxylation is 1. The molecule has 2 rings (SSSR count). The Bertz CT molecular complexity index is 628. The van der Waals surface area contributed by atoms with Gasteiger partial charge in [-0.2, -0.15) is 0 Å². The highest BCUT2D eigenvalue weighted by Crippen LogP contribution is 2.18. The van der Waals surface area contributed by atoms with Crippen molar-refractivity contribution in [2.75, 3.05) is 27.2 Å². The van der Waals surface area contributed by atoms with Gasteiger partial charge in [-0.15, -0.1) is 24.0 Å². The van der Waals surface area contributed by atoms with Crippen molar-refractivity contribution in [1.29, 1.82) is 0 Å². The summed E-state index contributed by atoms with van der Waals surface area (Å²) in [6.45, 7) is 4.52. The number of guanidine groups is 1. The van der Waals surface area contributed by atoms with Crippen molar-refractivity contribution < 1.29 is 4.74 Å². The summed E-state index contributed by atoms with van der Waals surface area (Å²) in [6, 6.07) is 6.31. The summed E-state index contributed by atoms with van der Waals surface area (Å²) in [5.41, 5.74) is 2.40. The van der Waals surface area contributed by atoms with Gasteiger partial charge in [-0.05, 0) is 30.5 Å². The van der Waals surface area contributed by atoms with E-state index in [1.807, 2.05) is 24.0 Å². The number of hydrogen-bond donors (Lipinski definition) is 2. The molecule has 0 amide bonds. The van der Waals surface area contributed by atoms with E-state index in [1.165, 1.54) is 5.56 Å². The minimum atomic E-state index is 0. The van der Waals surface area contributed by atoms with Crippen molar-refractivity contribution in [3.63, 3.8) is 0 Å². The van der Waals surface area contributed by atoms with Crippen LogP contribution in [0.1, 0.15) is 11.1 Å². The molecule has 0 atom stereocenters. The Morgan fingerprint density at radius 1 is 1.29 bits per heavy atom. The molecule has 0 bridgehead atoms. The number of halogens is 1. The van der Waals surface area contributed by atoms with Crippen LogP contribution in [0.5, 0.6) is 5.75 Å². The first kappa shape index (κ1) is 20.3. The van der Waals surface area contributed by atoms with Gasteiger partial charge in [0.15, 0.2) is 5.96 Å². The van der Waals surface area contributed by atoms with Crippen LogP contribution in [-0.4, -0.2) is 42.8 Å². The topological polar surface area (TPSA) is 63.5 Å². The Morgan fingerprint density at radius 2 is 2.08 bits per heavy atom. The molecule has 0 aliphatic rings. The Hall–Kier alpha value is -1.77. The molecule has 7 heteroatoms. The van der Waals surface area contributed by atoms with Crippen molar-refractivity contribution in [2.45, 2.75) is 19.9 Å². The van der Waals surface area contributed by atoms with E-state index in [4.69, 9.17) is 4.74 Å². The second-order valence-electron chi connectivity index (χ2n) is 5.28. The third-order valence-corrected chi connectivity index (χ3v) is 3.62. The molecule has 0 fully saturated rings. The highest BCUT2D eigenvalue weighted by molar-refractivity contribution is 14.0. The van der Waals surface area contributed by atoms with Crippen molar-refractivity contribution >= 4 is 29.9 Å². The number of imidazole rings is 1. The minimum Gasteiger partial charge on any atom is -0.496 e. The van der Waals surface area contributed by atoms with Crippen molar-refractivity contribution in [2.24, 2.45) is 4.99 Å². The smallest absolute Gasteiger partial charge is 0.191 e. The van der Waals surface area contributed by atoms with Gasteiger partial charge in [0.05, 0.1) is 13.4 Å². The van der Waals surface area contributed by atoms with Crippen LogP contribution >= 0.6 is 24.0 Å². The van der Waals surface area contributed by atoms with Crippen LogP contribution < -0.4 is 15.4 Å². The first-order valence-corrected chi connectivity index (χ1v) is 7.76. The van der Waals surface area contributed by atoms with E-state index in [0.717, 1.165) is 43.3 Å². The quantitative estimate of drug-likeness (QED) is 0.392. The lowest BCUT2D eigenvalue weighted by Gasteiger charge is -2.13. The van der Waals surface area contributed by atoms with E-state index in [9.17, 15) is 0 Å². The second kappa shape index (κ2) is 10.9. The number of aromatic nitrogens is 2. The van der Waals surface area contributed by atoms with Gasteiger partial charge in [-0.3, -0.25) is 4.99 Å². The van der Waals surface area contributed by atoms with Crippen molar-refractivity contribution in [3.05, 3.63) is 48.0 Å². The molecule has 0 unspecified atom stereocenters. The first-order valence-electron chi connectivity index (χ1n) is 7.76. The Labute approximate surface area is 160 Å². The fraction of sp³-hybridized carbons (Fsp3) is 0.412. The summed E-state index contributed by atoms with van der Waals surface area (Å²) in [4.78, 5) is 8.25. The van der Waals surface area contributed by atoms with Gasteiger partial charge in [-0.1, -0.05) is 12.1 Å². The van der Waals surface area contributed by atoms with Gasteiger partial charge in [0.25, 0.3) is 0 Å². The molecular weight excluding hydrogens is 417 g/mol. The molecule has 1 aromatic heterocycles. The summed E-state index contributed by atoms with van der Waals surface area (Å²) in [7, 11) is 3.48. The fourth-order valence-electron chi connectivity index (χ4n) is 2.29. The summed E-state index contributed by atoms with van der Waals surface area (Å²) >= 11 is 0. The average molecular weight is 443 g/mol. The lowest BCUT2D eigenvalue weighted by Crippen LogP contribution is -2.39. The summed E-state index contributed by atoms with van der Waals surface area (Å²) < 4.78 is 7.39. The Balaban J connectivity index is 0.00000288. The predicted molar refractivity (Wildman–Crippen MR) is 108 cm³/mol. The van der Waals surface area contributed by atoms with Gasteiger partial charge in [-0.25, -0.2) is 4.98 Å². The van der Waals surface area contributed by atoms with Gasteiger partial charge in [0.1, 0.15) is 5.75 Å². The maximum atomic E-state index is 5.36. The molecular formula is C17H26IN5O. The highest BCUT2D eigenvalue weighted by Gasteiger charge is 2.02. The molecule has 0 aliphatic heterocycles. The number of nitrogens with one attached hydrogen (secondary N) is 2. The monoisotopic (exact) mass is 443 g/mol. The number of rotatable bonds is 7. The molecule has 1 heterocycles.